The van der Waals surface area contributed by atoms with Crippen LogP contribution < -0.4 is 0 Å². The molecule has 7 heteroatoms. The summed E-state index contributed by atoms with van der Waals surface area (Å²) < 4.78 is 40.4. The molecule has 0 fully saturated rings. The summed E-state index contributed by atoms with van der Waals surface area (Å²) in [7, 11) is 0. The van der Waals surface area contributed by atoms with Gasteiger partial charge in [0, 0.05) is 44.2 Å². The fraction of sp³-hybridized carbons (Fsp3) is 0.385. The summed E-state index contributed by atoms with van der Waals surface area (Å²) in [5, 5.41) is 11.9. The Morgan fingerprint density at radius 1 is 0.870 bits per heavy atom. The Morgan fingerprint density at radius 3 is 2.15 bits per heavy atom. The molecule has 1 N–H and O–H groups in total. The number of aliphatic hydroxyl groups is 1. The smallest absolute Gasteiger partial charge is 0.394 e. The van der Waals surface area contributed by atoms with E-state index in [1.54, 1.807) is 6.20 Å². The third-order valence-electron chi connectivity index (χ3n) is 9.04. The minimum absolute atomic E-state index is 0. The molecule has 1 aliphatic rings. The molecule has 0 saturated heterocycles. The third kappa shape index (κ3) is 7.81. The Labute approximate surface area is 284 Å². The van der Waals surface area contributed by atoms with Crippen LogP contribution in [-0.2, 0) is 31.3 Å². The number of ketones is 1. The number of pyridine rings is 1. The van der Waals surface area contributed by atoms with Crippen LogP contribution in [0.15, 0.2) is 78.7 Å². The molecular weight excluding hydrogens is 764 g/mol. The number of rotatable bonds is 9. The van der Waals surface area contributed by atoms with Gasteiger partial charge in [-0.2, -0.15) is 13.2 Å². The SMILES string of the molecule is CC(C)(Cc1ccc2c(c1)-c1cccnc1-c1[c-]ccc3cccc-2c13)C(F)(F)F.CCC(CC)C(=O)/C=C(\O)C(CC)CC.[Ir]. The number of alkyl halides is 3. The van der Waals surface area contributed by atoms with Gasteiger partial charge in [0.2, 0.25) is 0 Å². The minimum Gasteiger partial charge on any atom is -0.512 e. The van der Waals surface area contributed by atoms with Crippen molar-refractivity contribution >= 4 is 16.6 Å². The van der Waals surface area contributed by atoms with Crippen molar-refractivity contribution in [2.45, 2.75) is 79.8 Å². The number of benzene rings is 3. The van der Waals surface area contributed by atoms with Gasteiger partial charge in [0.15, 0.2) is 5.78 Å². The van der Waals surface area contributed by atoms with E-state index < -0.39 is 11.6 Å². The van der Waals surface area contributed by atoms with Crippen LogP contribution in [0.25, 0.3) is 44.3 Å². The van der Waals surface area contributed by atoms with E-state index in [0.29, 0.717) is 5.56 Å². The van der Waals surface area contributed by atoms with Crippen LogP contribution in [0.3, 0.4) is 0 Å². The first-order valence-electron chi connectivity index (χ1n) is 15.9. The molecule has 1 aliphatic carbocycles. The summed E-state index contributed by atoms with van der Waals surface area (Å²) in [6.45, 7) is 10.6. The van der Waals surface area contributed by atoms with E-state index in [4.69, 9.17) is 0 Å². The van der Waals surface area contributed by atoms with E-state index in [2.05, 4.69) is 23.2 Å². The first kappa shape index (κ1) is 37.2. The average Bonchev–Trinajstić information content (AvgIpc) is 3.12. The Morgan fingerprint density at radius 2 is 1.52 bits per heavy atom. The fourth-order valence-electron chi connectivity index (χ4n) is 6.06. The van der Waals surface area contributed by atoms with Crippen LogP contribution in [-0.4, -0.2) is 22.1 Å². The molecule has 247 valence electrons. The van der Waals surface area contributed by atoms with Crippen LogP contribution in [0.5, 0.6) is 0 Å². The predicted molar refractivity (Wildman–Crippen MR) is 178 cm³/mol. The van der Waals surface area contributed by atoms with Crippen LogP contribution in [0.2, 0.25) is 0 Å². The maximum absolute atomic E-state index is 13.5. The van der Waals surface area contributed by atoms with Gasteiger partial charge in [0.25, 0.3) is 0 Å². The zero-order chi connectivity index (χ0) is 32.9. The number of nitrogens with zero attached hydrogens (tertiary/aromatic N) is 1. The number of carbonyl (C=O) groups is 1. The van der Waals surface area contributed by atoms with Gasteiger partial charge >= 0.3 is 6.18 Å². The van der Waals surface area contributed by atoms with Gasteiger partial charge in [-0.25, -0.2) is 0 Å². The maximum Gasteiger partial charge on any atom is 0.394 e. The number of halogens is 3. The van der Waals surface area contributed by atoms with Gasteiger partial charge in [0.05, 0.1) is 11.2 Å². The van der Waals surface area contributed by atoms with E-state index in [9.17, 15) is 23.1 Å². The first-order valence-corrected chi connectivity index (χ1v) is 15.9. The monoisotopic (exact) mass is 807 g/mol. The minimum atomic E-state index is -4.27. The van der Waals surface area contributed by atoms with Gasteiger partial charge in [-0.1, -0.05) is 95.0 Å². The Kier molecular flexibility index (Phi) is 12.6. The molecule has 4 aromatic rings. The number of hydrogen-bond donors (Lipinski definition) is 1. The maximum atomic E-state index is 13.5. The summed E-state index contributed by atoms with van der Waals surface area (Å²) in [6, 6.07) is 22.9. The number of fused-ring (bicyclic) bond motifs is 5. The van der Waals surface area contributed by atoms with Gasteiger partial charge in [-0.3, -0.25) is 4.79 Å². The third-order valence-corrected chi connectivity index (χ3v) is 9.04. The summed E-state index contributed by atoms with van der Waals surface area (Å²) in [4.78, 5) is 16.4. The van der Waals surface area contributed by atoms with Crippen LogP contribution >= 0.6 is 0 Å². The second-order valence-corrected chi connectivity index (χ2v) is 12.5. The Bertz CT molecular complexity index is 1680. The summed E-state index contributed by atoms with van der Waals surface area (Å²) in [5.74, 6) is 0.547. The predicted octanol–water partition coefficient (Wildman–Crippen LogP) is 11.3. The van der Waals surface area contributed by atoms with Gasteiger partial charge < -0.3 is 10.1 Å². The van der Waals surface area contributed by atoms with E-state index in [1.165, 1.54) is 19.9 Å². The summed E-state index contributed by atoms with van der Waals surface area (Å²) >= 11 is 0. The molecule has 0 saturated carbocycles. The molecular formula is C39H43F3IrNO2-. The van der Waals surface area contributed by atoms with Crippen molar-refractivity contribution in [1.82, 2.24) is 4.98 Å². The van der Waals surface area contributed by atoms with Gasteiger partial charge in [0.1, 0.15) is 0 Å². The average molecular weight is 807 g/mol. The summed E-state index contributed by atoms with van der Waals surface area (Å²) in [6.07, 6.45) is 2.30. The van der Waals surface area contributed by atoms with Crippen molar-refractivity contribution in [3.63, 3.8) is 0 Å². The normalized spacial score (nSPS) is 12.5. The number of allylic oxidation sites excluding steroid dienone is 2. The molecule has 0 spiro atoms. The van der Waals surface area contributed by atoms with Gasteiger partial charge in [-0.05, 0) is 66.1 Å². The molecule has 46 heavy (non-hydrogen) atoms. The molecule has 1 heterocycles. The molecule has 1 radical (unpaired) electrons. The Hall–Kier alpha value is -3.28. The molecule has 0 atom stereocenters. The molecule has 1 aromatic heterocycles. The first-order chi connectivity index (χ1) is 21.4. The molecule has 0 aliphatic heterocycles. The number of aliphatic hydroxyl groups excluding tert-OH is 1. The molecule has 5 rings (SSSR count). The fourth-order valence-corrected chi connectivity index (χ4v) is 6.06. The molecule has 0 amide bonds. The number of hydrogen-bond acceptors (Lipinski definition) is 3. The van der Waals surface area contributed by atoms with E-state index in [1.807, 2.05) is 76.2 Å². The number of aromatic nitrogens is 1. The van der Waals surface area contributed by atoms with E-state index in [-0.39, 0.29) is 49.9 Å². The second-order valence-electron chi connectivity index (χ2n) is 12.5. The van der Waals surface area contributed by atoms with E-state index >= 15 is 0 Å². The largest absolute Gasteiger partial charge is 0.512 e. The zero-order valence-electron chi connectivity index (χ0n) is 27.4. The Balaban J connectivity index is 0.000000309. The van der Waals surface area contributed by atoms with Crippen molar-refractivity contribution in [2.24, 2.45) is 17.3 Å². The van der Waals surface area contributed by atoms with Crippen LogP contribution in [0.4, 0.5) is 13.2 Å². The molecule has 0 unspecified atom stereocenters. The summed E-state index contributed by atoms with van der Waals surface area (Å²) in [5.41, 5.74) is 4.46. The topological polar surface area (TPSA) is 50.2 Å². The van der Waals surface area contributed by atoms with Crippen molar-refractivity contribution in [2.75, 3.05) is 0 Å². The zero-order valence-corrected chi connectivity index (χ0v) is 29.8. The molecule has 0 bridgehead atoms. The second kappa shape index (κ2) is 15.5. The quantitative estimate of drug-likeness (QED) is 0.0917. The van der Waals surface area contributed by atoms with Crippen molar-refractivity contribution in [3.8, 4) is 33.5 Å². The van der Waals surface area contributed by atoms with Crippen molar-refractivity contribution in [3.05, 3.63) is 90.3 Å². The molecule has 3 aromatic carbocycles. The van der Waals surface area contributed by atoms with Crippen molar-refractivity contribution in [1.29, 1.82) is 0 Å². The van der Waals surface area contributed by atoms with Gasteiger partial charge in [-0.15, -0.1) is 29.1 Å². The molecule has 3 nitrogen and oxygen atoms in total. The standard InChI is InChI=1S/C26H19F3N.C13H24O2.Ir/c1-25(2,26(27,28)29)15-16-11-12-18-19-8-3-6-17-7-4-9-21(23(17)19)24-20(22(18)14-16)10-5-13-30-24;1-5-10(6-2)12(14)9-13(15)11(7-3)8-4;/h3-8,10-14H,15H2,1-2H3;9-11,14H,5-8H2,1-4H3;/q-1;;/b;12-9-;. The van der Waals surface area contributed by atoms with Crippen LogP contribution in [0.1, 0.15) is 72.8 Å². The van der Waals surface area contributed by atoms with Crippen LogP contribution in [0, 0.1) is 23.3 Å². The van der Waals surface area contributed by atoms with E-state index in [0.717, 1.165) is 70.0 Å². The number of carbonyl (C=O) groups excluding carboxylic acids is 1. The van der Waals surface area contributed by atoms with Crippen molar-refractivity contribution < 1.29 is 43.2 Å².